The highest BCUT2D eigenvalue weighted by atomic mass is 79.9. The molecule has 2 aromatic carbocycles. The van der Waals surface area contributed by atoms with Crippen LogP contribution in [0.5, 0.6) is 5.75 Å². The molecule has 4 nitrogen and oxygen atoms in total. The minimum atomic E-state index is -0.366. The summed E-state index contributed by atoms with van der Waals surface area (Å²) < 4.78 is 21.5. The fourth-order valence-electron chi connectivity index (χ4n) is 2.12. The Bertz CT molecular complexity index is 800. The Kier molecular flexibility index (Phi) is 3.10. The molecule has 0 unspecified atom stereocenters. The van der Waals surface area contributed by atoms with E-state index in [-0.39, 0.29) is 11.8 Å². The Labute approximate surface area is 123 Å². The van der Waals surface area contributed by atoms with Gasteiger partial charge in [0, 0.05) is 10.5 Å². The first-order chi connectivity index (χ1) is 9.60. The summed E-state index contributed by atoms with van der Waals surface area (Å²) in [6.45, 7) is 0. The standard InChI is InChI=1S/C14H11BrFN3O/c1-20-9-3-5-12-11(7-9)18-14(17)19(12)13-6-8(15)2-4-10(13)16/h2-7H,1H3,(H2,17,18). The van der Waals surface area contributed by atoms with Gasteiger partial charge in [0.15, 0.2) is 0 Å². The van der Waals surface area contributed by atoms with Crippen LogP contribution in [-0.4, -0.2) is 16.7 Å². The van der Waals surface area contributed by atoms with Gasteiger partial charge in [0.2, 0.25) is 5.95 Å². The van der Waals surface area contributed by atoms with Gasteiger partial charge in [-0.2, -0.15) is 0 Å². The molecule has 0 fully saturated rings. The molecule has 102 valence electrons. The molecule has 0 amide bonds. The van der Waals surface area contributed by atoms with Crippen LogP contribution in [0.25, 0.3) is 16.7 Å². The molecule has 0 aliphatic heterocycles. The second-order valence-corrected chi connectivity index (χ2v) is 5.17. The second kappa shape index (κ2) is 4.79. The van der Waals surface area contributed by atoms with Gasteiger partial charge in [0.05, 0.1) is 23.8 Å². The van der Waals surface area contributed by atoms with Crippen molar-refractivity contribution in [1.82, 2.24) is 9.55 Å². The number of methoxy groups -OCH3 is 1. The molecular formula is C14H11BrFN3O. The molecule has 0 aliphatic carbocycles. The molecule has 0 atom stereocenters. The van der Waals surface area contributed by atoms with Crippen LogP contribution in [0.3, 0.4) is 0 Å². The highest BCUT2D eigenvalue weighted by Gasteiger charge is 2.14. The van der Waals surface area contributed by atoms with Gasteiger partial charge >= 0.3 is 0 Å². The molecule has 0 bridgehead atoms. The van der Waals surface area contributed by atoms with E-state index in [1.807, 2.05) is 0 Å². The summed E-state index contributed by atoms with van der Waals surface area (Å²) in [6.07, 6.45) is 0. The average Bonchev–Trinajstić information content (AvgIpc) is 2.76. The van der Waals surface area contributed by atoms with Crippen LogP contribution in [0.15, 0.2) is 40.9 Å². The third-order valence-corrected chi connectivity index (χ3v) is 3.53. The Balaban J connectivity index is 2.30. The topological polar surface area (TPSA) is 53.1 Å². The lowest BCUT2D eigenvalue weighted by atomic mass is 10.2. The number of halogens is 2. The Morgan fingerprint density at radius 1 is 1.25 bits per heavy atom. The summed E-state index contributed by atoms with van der Waals surface area (Å²) in [5.41, 5.74) is 7.65. The minimum Gasteiger partial charge on any atom is -0.497 e. The van der Waals surface area contributed by atoms with E-state index >= 15 is 0 Å². The summed E-state index contributed by atoms with van der Waals surface area (Å²) in [7, 11) is 1.58. The van der Waals surface area contributed by atoms with Crippen molar-refractivity contribution in [3.8, 4) is 11.4 Å². The molecule has 3 aromatic rings. The third-order valence-electron chi connectivity index (χ3n) is 3.04. The number of nitrogens with zero attached hydrogens (tertiary/aromatic N) is 2. The Morgan fingerprint density at radius 3 is 2.80 bits per heavy atom. The van der Waals surface area contributed by atoms with Crippen molar-refractivity contribution in [2.24, 2.45) is 0 Å². The van der Waals surface area contributed by atoms with Crippen LogP contribution >= 0.6 is 15.9 Å². The monoisotopic (exact) mass is 335 g/mol. The maximum Gasteiger partial charge on any atom is 0.206 e. The Hall–Kier alpha value is -2.08. The summed E-state index contributed by atoms with van der Waals surface area (Å²) in [5.74, 6) is 0.539. The molecule has 0 aliphatic rings. The van der Waals surface area contributed by atoms with Gasteiger partial charge in [-0.25, -0.2) is 9.37 Å². The van der Waals surface area contributed by atoms with Crippen LogP contribution in [-0.2, 0) is 0 Å². The quantitative estimate of drug-likeness (QED) is 0.779. The summed E-state index contributed by atoms with van der Waals surface area (Å²) >= 11 is 3.33. The van der Waals surface area contributed by atoms with Crippen molar-refractivity contribution < 1.29 is 9.13 Å². The molecule has 0 radical (unpaired) electrons. The van der Waals surface area contributed by atoms with E-state index in [2.05, 4.69) is 20.9 Å². The summed E-state index contributed by atoms with van der Waals surface area (Å²) in [5, 5.41) is 0. The number of imidazole rings is 1. The number of aromatic nitrogens is 2. The van der Waals surface area contributed by atoms with Crippen molar-refractivity contribution in [2.75, 3.05) is 12.8 Å². The molecule has 6 heteroatoms. The number of nitrogen functional groups attached to an aromatic ring is 1. The largest absolute Gasteiger partial charge is 0.497 e. The molecule has 2 N–H and O–H groups in total. The first-order valence-electron chi connectivity index (χ1n) is 5.87. The first kappa shape index (κ1) is 12.9. The van der Waals surface area contributed by atoms with Gasteiger partial charge in [-0.05, 0) is 30.3 Å². The van der Waals surface area contributed by atoms with Crippen LogP contribution in [0.2, 0.25) is 0 Å². The molecule has 3 rings (SSSR count). The number of fused-ring (bicyclic) bond motifs is 1. The molecule has 0 saturated heterocycles. The minimum absolute atomic E-state index is 0.227. The zero-order valence-corrected chi connectivity index (χ0v) is 12.2. The molecule has 1 aromatic heterocycles. The summed E-state index contributed by atoms with van der Waals surface area (Å²) in [6, 6.07) is 10.0. The van der Waals surface area contributed by atoms with Crippen LogP contribution < -0.4 is 10.5 Å². The van der Waals surface area contributed by atoms with Crippen molar-refractivity contribution in [1.29, 1.82) is 0 Å². The second-order valence-electron chi connectivity index (χ2n) is 4.26. The maximum atomic E-state index is 14.0. The number of hydrogen-bond acceptors (Lipinski definition) is 3. The molecule has 1 heterocycles. The Morgan fingerprint density at radius 2 is 2.05 bits per heavy atom. The van der Waals surface area contributed by atoms with Crippen molar-refractivity contribution in [3.05, 3.63) is 46.7 Å². The normalized spacial score (nSPS) is 10.9. The van der Waals surface area contributed by atoms with Crippen LogP contribution in [0, 0.1) is 5.82 Å². The highest BCUT2D eigenvalue weighted by molar-refractivity contribution is 9.10. The van der Waals surface area contributed by atoms with Gasteiger partial charge in [0.1, 0.15) is 11.6 Å². The summed E-state index contributed by atoms with van der Waals surface area (Å²) in [4.78, 5) is 4.25. The zero-order valence-electron chi connectivity index (χ0n) is 10.6. The molecule has 20 heavy (non-hydrogen) atoms. The number of hydrogen-bond donors (Lipinski definition) is 1. The molecular weight excluding hydrogens is 325 g/mol. The maximum absolute atomic E-state index is 14.0. The van der Waals surface area contributed by atoms with Crippen LogP contribution in [0.1, 0.15) is 0 Å². The predicted octanol–water partition coefficient (Wildman–Crippen LogP) is 3.52. The highest BCUT2D eigenvalue weighted by Crippen LogP contribution is 2.28. The fourth-order valence-corrected chi connectivity index (χ4v) is 2.47. The molecule has 0 spiro atoms. The van der Waals surface area contributed by atoms with E-state index < -0.39 is 0 Å². The number of ether oxygens (including phenoxy) is 1. The van der Waals surface area contributed by atoms with Gasteiger partial charge in [-0.15, -0.1) is 0 Å². The lowest BCUT2D eigenvalue weighted by molar-refractivity contribution is 0.415. The number of benzene rings is 2. The number of anilines is 1. The van der Waals surface area contributed by atoms with E-state index in [0.717, 1.165) is 9.99 Å². The number of rotatable bonds is 2. The van der Waals surface area contributed by atoms with E-state index in [1.54, 1.807) is 42.0 Å². The average molecular weight is 336 g/mol. The van der Waals surface area contributed by atoms with E-state index in [0.29, 0.717) is 17.0 Å². The lowest BCUT2D eigenvalue weighted by Gasteiger charge is -2.08. The van der Waals surface area contributed by atoms with Gasteiger partial charge in [-0.1, -0.05) is 15.9 Å². The van der Waals surface area contributed by atoms with Crippen molar-refractivity contribution in [3.63, 3.8) is 0 Å². The SMILES string of the molecule is COc1ccc2c(c1)nc(N)n2-c1cc(Br)ccc1F. The molecule has 0 saturated carbocycles. The third kappa shape index (κ3) is 2.02. The van der Waals surface area contributed by atoms with Crippen molar-refractivity contribution >= 4 is 32.9 Å². The zero-order chi connectivity index (χ0) is 14.3. The predicted molar refractivity (Wildman–Crippen MR) is 79.7 cm³/mol. The first-order valence-corrected chi connectivity index (χ1v) is 6.67. The van der Waals surface area contributed by atoms with Crippen LogP contribution in [0.4, 0.5) is 10.3 Å². The van der Waals surface area contributed by atoms with Gasteiger partial charge < -0.3 is 10.5 Å². The smallest absolute Gasteiger partial charge is 0.206 e. The van der Waals surface area contributed by atoms with E-state index in [9.17, 15) is 4.39 Å². The van der Waals surface area contributed by atoms with Crippen molar-refractivity contribution in [2.45, 2.75) is 0 Å². The lowest BCUT2D eigenvalue weighted by Crippen LogP contribution is -2.03. The van der Waals surface area contributed by atoms with E-state index in [4.69, 9.17) is 10.5 Å². The number of nitrogens with two attached hydrogens (primary N) is 1. The van der Waals surface area contributed by atoms with Gasteiger partial charge in [-0.3, -0.25) is 4.57 Å². The van der Waals surface area contributed by atoms with E-state index in [1.165, 1.54) is 6.07 Å². The fraction of sp³-hybridized carbons (Fsp3) is 0.0714. The van der Waals surface area contributed by atoms with Gasteiger partial charge in [0.25, 0.3) is 0 Å².